The second-order valence-corrected chi connectivity index (χ2v) is 86.6. The van der Waals surface area contributed by atoms with Crippen LogP contribution in [0.25, 0.3) is 0 Å². The summed E-state index contributed by atoms with van der Waals surface area (Å²) in [5, 5.41) is 0. The summed E-state index contributed by atoms with van der Waals surface area (Å²) in [5.41, 5.74) is 0. The van der Waals surface area contributed by atoms with Crippen molar-refractivity contribution in [2.24, 2.45) is 0 Å². The standard InChI is InChI=1S/C15H39GeNSi2.C13H31GeN.C11H27GeN.C10H24Ge/c1-13(2)16(14(3)4,15(5)6)17(18(7,8)9)19(10,11)12;1-9-15(10-2)14(11(3)4,12(5)6)13(7)8;1-9(2)12(10(3)4,11(5)6)13(7)8;1-8(2)11(7,9(3)4)10(5)6/h13-15H,1-12H3;11-13H,9-10H2,1-8H3;9-11H,1-8H3;8-10H,1-7H3. The van der Waals surface area contributed by atoms with Crippen LogP contribution in [0.1, 0.15) is 180 Å². The van der Waals surface area contributed by atoms with Crippen LogP contribution in [-0.2, 0) is 0 Å². The molecule has 9 heteroatoms. The van der Waals surface area contributed by atoms with E-state index in [-0.39, 0.29) is 0 Å². The van der Waals surface area contributed by atoms with E-state index >= 15 is 0 Å². The summed E-state index contributed by atoms with van der Waals surface area (Å²) in [6.45, 7) is 81.5. The van der Waals surface area contributed by atoms with Gasteiger partial charge in [-0.2, -0.15) is 0 Å². The van der Waals surface area contributed by atoms with Gasteiger partial charge in [-0.15, -0.1) is 0 Å². The molecule has 0 saturated heterocycles. The Kier molecular flexibility index (Phi) is 32.2. The van der Waals surface area contributed by atoms with Gasteiger partial charge in [0.15, 0.2) is 0 Å². The molecule has 3 nitrogen and oxygen atoms in total. The molecule has 0 radical (unpaired) electrons. The van der Waals surface area contributed by atoms with E-state index in [1.54, 1.807) is 0 Å². The Morgan fingerprint density at radius 3 is 0.552 bits per heavy atom. The zero-order chi connectivity index (χ0) is 48.1. The van der Waals surface area contributed by atoms with Gasteiger partial charge in [0.1, 0.15) is 0 Å². The summed E-state index contributed by atoms with van der Waals surface area (Å²) in [5.74, 6) is 2.60. The summed E-state index contributed by atoms with van der Waals surface area (Å²) < 4.78 is 19.6. The minimum absolute atomic E-state index is 0.884. The first-order valence-electron chi connectivity index (χ1n) is 24.9. The van der Waals surface area contributed by atoms with Gasteiger partial charge in [0.05, 0.1) is 0 Å². The van der Waals surface area contributed by atoms with Crippen molar-refractivity contribution in [3.63, 3.8) is 0 Å². The summed E-state index contributed by atoms with van der Waals surface area (Å²) in [6.07, 6.45) is 0. The maximum absolute atomic E-state index is 3.25. The Balaban J connectivity index is -0.000000342. The molecule has 0 aliphatic rings. The van der Waals surface area contributed by atoms with Crippen LogP contribution in [0.4, 0.5) is 0 Å². The van der Waals surface area contributed by atoms with Crippen molar-refractivity contribution in [3.05, 3.63) is 0 Å². The van der Waals surface area contributed by atoms with Gasteiger partial charge in [-0.1, -0.05) is 0 Å². The molecule has 0 aliphatic carbocycles. The van der Waals surface area contributed by atoms with Gasteiger partial charge >= 0.3 is 390 Å². The Morgan fingerprint density at radius 1 is 0.328 bits per heavy atom. The van der Waals surface area contributed by atoms with Gasteiger partial charge in [-0.05, 0) is 0 Å². The summed E-state index contributed by atoms with van der Waals surface area (Å²) in [7, 11) is 2.05. The van der Waals surface area contributed by atoms with Crippen LogP contribution in [0.5, 0.6) is 0 Å². The van der Waals surface area contributed by atoms with E-state index < -0.39 is 70.2 Å². The van der Waals surface area contributed by atoms with E-state index in [0.29, 0.717) is 0 Å². The van der Waals surface area contributed by atoms with Crippen LogP contribution in [0.15, 0.2) is 0 Å². The van der Waals surface area contributed by atoms with Crippen LogP contribution in [-0.4, -0.2) is 108 Å². The SMILES string of the molecule is CC[N](CC)[Ge]([CH](C)C)([CH](C)C)[CH](C)C.C[CH](C)[Ge]([CH3])([CH](C)C)[CH](C)C.C[CH](C)[Ge]([CH](C)C)([CH](C)C)[N](C)C.C[CH](C)[Ge]([CH](C)C)([CH](C)C)[N]([Si](C)(C)C)[Si](C)(C)C. The molecule has 0 spiro atoms. The van der Waals surface area contributed by atoms with Crippen molar-refractivity contribution >= 4 is 70.2 Å². The molecule has 0 bridgehead atoms. The van der Waals surface area contributed by atoms with E-state index in [2.05, 4.69) is 250 Å². The fraction of sp³-hybridized carbons (Fsp3) is 1.00. The Bertz CT molecular complexity index is 934. The quantitative estimate of drug-likeness (QED) is 0.119. The predicted octanol–water partition coefficient (Wildman–Crippen LogP) is 18.7. The maximum atomic E-state index is 3.25. The van der Waals surface area contributed by atoms with E-state index in [0.717, 1.165) is 57.0 Å². The topological polar surface area (TPSA) is 9.72 Å². The van der Waals surface area contributed by atoms with Crippen LogP contribution in [0, 0.1) is 0 Å². The molecule has 0 aromatic carbocycles. The van der Waals surface area contributed by atoms with Crippen LogP contribution < -0.4 is 0 Å². The molecule has 0 saturated carbocycles. The second kappa shape index (κ2) is 27.8. The average Bonchev–Trinajstić information content (AvgIpc) is 2.99. The second-order valence-electron chi connectivity index (χ2n) is 24.6. The molecule has 0 N–H and O–H groups in total. The van der Waals surface area contributed by atoms with Crippen LogP contribution in [0.2, 0.25) is 102 Å². The van der Waals surface area contributed by atoms with Crippen molar-refractivity contribution in [2.75, 3.05) is 27.2 Å². The Labute approximate surface area is 387 Å². The van der Waals surface area contributed by atoms with Gasteiger partial charge in [-0.3, -0.25) is 0 Å². The number of hydrogen-bond acceptors (Lipinski definition) is 3. The summed E-state index contributed by atoms with van der Waals surface area (Å²) >= 11 is -7.35. The molecule has 58 heavy (non-hydrogen) atoms. The zero-order valence-electron chi connectivity index (χ0n) is 47.7. The molecule has 0 unspecified atom stereocenters. The van der Waals surface area contributed by atoms with Crippen molar-refractivity contribution in [2.45, 2.75) is 282 Å². The molecule has 0 aliphatic heterocycles. The average molecular weight is 1100 g/mol. The first-order valence-corrected chi connectivity index (χ1v) is 51.2. The van der Waals surface area contributed by atoms with Gasteiger partial charge < -0.3 is 0 Å². The van der Waals surface area contributed by atoms with E-state index in [4.69, 9.17) is 0 Å². The van der Waals surface area contributed by atoms with E-state index in [1.807, 2.05) is 0 Å². The summed E-state index contributed by atoms with van der Waals surface area (Å²) in [6, 6.07) is 0. The predicted molar refractivity (Wildman–Crippen MR) is 295 cm³/mol. The van der Waals surface area contributed by atoms with E-state index in [9.17, 15) is 0 Å². The number of nitrogens with zero attached hydrogens (tertiary/aromatic N) is 3. The Morgan fingerprint density at radius 2 is 0.517 bits per heavy atom. The van der Waals surface area contributed by atoms with Gasteiger partial charge in [0, 0.05) is 0 Å². The number of hydrogen-bond donors (Lipinski definition) is 0. The van der Waals surface area contributed by atoms with Crippen molar-refractivity contribution in [3.8, 4) is 0 Å². The van der Waals surface area contributed by atoms with Gasteiger partial charge in [-0.25, -0.2) is 0 Å². The monoisotopic (exact) mass is 1100 g/mol. The third-order valence-corrected chi connectivity index (χ3v) is 94.1. The van der Waals surface area contributed by atoms with Crippen LogP contribution >= 0.6 is 0 Å². The summed E-state index contributed by atoms with van der Waals surface area (Å²) in [4.78, 5) is 0. The van der Waals surface area contributed by atoms with Crippen molar-refractivity contribution in [1.29, 1.82) is 0 Å². The molecular weight excluding hydrogens is 977 g/mol. The molecule has 0 amide bonds. The molecular formula is C49H121Ge4N3Si2. The van der Waals surface area contributed by atoms with Crippen LogP contribution in [0.3, 0.4) is 0 Å². The molecule has 0 rings (SSSR count). The number of rotatable bonds is 19. The fourth-order valence-electron chi connectivity index (χ4n) is 14.4. The third kappa shape index (κ3) is 16.4. The molecule has 0 heterocycles. The first-order chi connectivity index (χ1) is 25.6. The first kappa shape index (κ1) is 67.1. The molecule has 0 atom stereocenters. The molecule has 0 aromatic heterocycles. The third-order valence-electron chi connectivity index (χ3n) is 15.9. The van der Waals surface area contributed by atoms with Gasteiger partial charge in [0.2, 0.25) is 0 Å². The van der Waals surface area contributed by atoms with Gasteiger partial charge in [0.25, 0.3) is 0 Å². The molecule has 0 fully saturated rings. The van der Waals surface area contributed by atoms with Crippen molar-refractivity contribution in [1.82, 2.24) is 10.9 Å². The normalized spacial score (nSPS) is 14.2. The zero-order valence-corrected chi connectivity index (χ0v) is 58.1. The Hall–Kier alpha value is 2.49. The molecule has 356 valence electrons. The fourth-order valence-corrected chi connectivity index (χ4v) is 97.6. The minimum atomic E-state index is -2.11. The molecule has 0 aromatic rings. The van der Waals surface area contributed by atoms with Crippen molar-refractivity contribution < 1.29 is 0 Å². The van der Waals surface area contributed by atoms with E-state index in [1.165, 1.54) is 13.1 Å².